The molecule has 0 N–H and O–H groups in total. The van der Waals surface area contributed by atoms with Crippen molar-refractivity contribution in [2.75, 3.05) is 7.11 Å². The van der Waals surface area contributed by atoms with Gasteiger partial charge in [0.1, 0.15) is 5.75 Å². The Kier molecular flexibility index (Phi) is 2.91. The molecule has 0 heterocycles. The lowest BCUT2D eigenvalue weighted by Gasteiger charge is -2.23. The topological polar surface area (TPSA) is 33.0 Å². The first-order chi connectivity index (χ1) is 9.29. The SMILES string of the molecule is COc1ccc2cccc(C3(C#N)CCCC3)c2c1. The lowest BCUT2D eigenvalue weighted by molar-refractivity contribution is 0.415. The molecule has 0 aliphatic heterocycles. The molecule has 1 aliphatic carbocycles. The van der Waals surface area contributed by atoms with E-state index in [-0.39, 0.29) is 5.41 Å². The predicted molar refractivity (Wildman–Crippen MR) is 76.3 cm³/mol. The number of rotatable bonds is 2. The fraction of sp³-hybridized carbons (Fsp3) is 0.353. The van der Waals surface area contributed by atoms with Gasteiger partial charge in [-0.05, 0) is 41.3 Å². The van der Waals surface area contributed by atoms with E-state index in [1.807, 2.05) is 6.07 Å². The number of nitrogens with zero attached hydrogens (tertiary/aromatic N) is 1. The quantitative estimate of drug-likeness (QED) is 0.802. The molecule has 19 heavy (non-hydrogen) atoms. The van der Waals surface area contributed by atoms with Gasteiger partial charge in [-0.2, -0.15) is 5.26 Å². The molecule has 3 rings (SSSR count). The Bertz CT molecular complexity index is 648. The van der Waals surface area contributed by atoms with Gasteiger partial charge in [0.15, 0.2) is 0 Å². The van der Waals surface area contributed by atoms with Crippen LogP contribution in [0.2, 0.25) is 0 Å². The highest BCUT2D eigenvalue weighted by molar-refractivity contribution is 5.88. The van der Waals surface area contributed by atoms with Crippen LogP contribution in [-0.4, -0.2) is 7.11 Å². The maximum atomic E-state index is 9.67. The number of hydrogen-bond donors (Lipinski definition) is 0. The van der Waals surface area contributed by atoms with E-state index in [0.29, 0.717) is 0 Å². The highest BCUT2D eigenvalue weighted by Crippen LogP contribution is 2.43. The smallest absolute Gasteiger partial charge is 0.119 e. The Hall–Kier alpha value is -2.01. The van der Waals surface area contributed by atoms with Crippen LogP contribution in [0, 0.1) is 11.3 Å². The maximum Gasteiger partial charge on any atom is 0.119 e. The molecule has 0 bridgehead atoms. The summed E-state index contributed by atoms with van der Waals surface area (Å²) >= 11 is 0. The fourth-order valence-corrected chi connectivity index (χ4v) is 3.22. The summed E-state index contributed by atoms with van der Waals surface area (Å²) in [6, 6.07) is 14.9. The molecule has 1 saturated carbocycles. The standard InChI is InChI=1S/C17H17NO/c1-19-14-8-7-13-5-4-6-16(15(13)11-14)17(12-18)9-2-3-10-17/h4-8,11H,2-3,9-10H2,1H3. The van der Waals surface area contributed by atoms with Crippen molar-refractivity contribution in [1.82, 2.24) is 0 Å². The van der Waals surface area contributed by atoms with Crippen molar-refractivity contribution < 1.29 is 4.74 Å². The third-order valence-corrected chi connectivity index (χ3v) is 4.28. The van der Waals surface area contributed by atoms with E-state index in [1.165, 1.54) is 10.9 Å². The first-order valence-corrected chi connectivity index (χ1v) is 6.78. The van der Waals surface area contributed by atoms with Crippen LogP contribution in [0.15, 0.2) is 36.4 Å². The van der Waals surface area contributed by atoms with Crippen LogP contribution >= 0.6 is 0 Å². The van der Waals surface area contributed by atoms with Crippen molar-refractivity contribution in [3.8, 4) is 11.8 Å². The Balaban J connectivity index is 2.26. The van der Waals surface area contributed by atoms with Gasteiger partial charge in [0.25, 0.3) is 0 Å². The first-order valence-electron chi connectivity index (χ1n) is 6.78. The van der Waals surface area contributed by atoms with Crippen molar-refractivity contribution in [3.05, 3.63) is 42.0 Å². The Labute approximate surface area is 113 Å². The highest BCUT2D eigenvalue weighted by atomic mass is 16.5. The molecule has 0 spiro atoms. The number of benzene rings is 2. The molecular formula is C17H17NO. The molecule has 2 aromatic rings. The summed E-state index contributed by atoms with van der Waals surface area (Å²) in [4.78, 5) is 0. The average molecular weight is 251 g/mol. The van der Waals surface area contributed by atoms with Gasteiger partial charge in [0.2, 0.25) is 0 Å². The van der Waals surface area contributed by atoms with Crippen molar-refractivity contribution in [2.24, 2.45) is 0 Å². The van der Waals surface area contributed by atoms with Crippen molar-refractivity contribution in [1.29, 1.82) is 5.26 Å². The Morgan fingerprint density at radius 3 is 2.63 bits per heavy atom. The van der Waals surface area contributed by atoms with E-state index < -0.39 is 0 Å². The number of ether oxygens (including phenoxy) is 1. The van der Waals surface area contributed by atoms with Gasteiger partial charge in [-0.1, -0.05) is 37.1 Å². The molecule has 0 saturated heterocycles. The third kappa shape index (κ3) is 1.86. The zero-order valence-corrected chi connectivity index (χ0v) is 11.1. The van der Waals surface area contributed by atoms with Gasteiger partial charge in [-0.3, -0.25) is 0 Å². The van der Waals surface area contributed by atoms with Gasteiger partial charge < -0.3 is 4.74 Å². The van der Waals surface area contributed by atoms with Gasteiger partial charge in [-0.15, -0.1) is 0 Å². The second-order valence-corrected chi connectivity index (χ2v) is 5.29. The summed E-state index contributed by atoms with van der Waals surface area (Å²) in [5.41, 5.74) is 0.871. The van der Waals surface area contributed by atoms with Crippen molar-refractivity contribution in [2.45, 2.75) is 31.1 Å². The van der Waals surface area contributed by atoms with E-state index in [4.69, 9.17) is 4.74 Å². The van der Waals surface area contributed by atoms with Crippen LogP contribution in [0.25, 0.3) is 10.8 Å². The number of fused-ring (bicyclic) bond motifs is 1. The van der Waals surface area contributed by atoms with Crippen LogP contribution in [0.4, 0.5) is 0 Å². The van der Waals surface area contributed by atoms with E-state index in [1.54, 1.807) is 7.11 Å². The summed E-state index contributed by atoms with van der Waals surface area (Å²) in [7, 11) is 1.68. The second-order valence-electron chi connectivity index (χ2n) is 5.29. The van der Waals surface area contributed by atoms with Crippen LogP contribution < -0.4 is 4.74 Å². The molecule has 2 aromatic carbocycles. The first kappa shape index (κ1) is 12.0. The minimum atomic E-state index is -0.300. The van der Waals surface area contributed by atoms with E-state index >= 15 is 0 Å². The molecule has 2 heteroatoms. The normalized spacial score (nSPS) is 17.3. The molecule has 0 atom stereocenters. The predicted octanol–water partition coefficient (Wildman–Crippen LogP) is 4.18. The molecule has 0 unspecified atom stereocenters. The zero-order chi connectivity index (χ0) is 13.3. The van der Waals surface area contributed by atoms with Crippen molar-refractivity contribution in [3.63, 3.8) is 0 Å². The monoisotopic (exact) mass is 251 g/mol. The van der Waals surface area contributed by atoms with Gasteiger partial charge >= 0.3 is 0 Å². The molecule has 0 amide bonds. The van der Waals surface area contributed by atoms with Crippen molar-refractivity contribution >= 4 is 10.8 Å². The van der Waals surface area contributed by atoms with Gasteiger partial charge in [0, 0.05) is 0 Å². The minimum Gasteiger partial charge on any atom is -0.497 e. The number of hydrogen-bond acceptors (Lipinski definition) is 2. The van der Waals surface area contributed by atoms with Gasteiger partial charge in [0.05, 0.1) is 18.6 Å². The van der Waals surface area contributed by atoms with Crippen LogP contribution in [0.3, 0.4) is 0 Å². The molecule has 1 aliphatic rings. The summed E-state index contributed by atoms with van der Waals surface area (Å²) in [5, 5.41) is 12.0. The highest BCUT2D eigenvalue weighted by Gasteiger charge is 2.36. The Morgan fingerprint density at radius 1 is 1.16 bits per heavy atom. The maximum absolute atomic E-state index is 9.67. The summed E-state index contributed by atoms with van der Waals surface area (Å²) in [5.74, 6) is 0.853. The molecule has 0 aromatic heterocycles. The fourth-order valence-electron chi connectivity index (χ4n) is 3.22. The second kappa shape index (κ2) is 4.59. The molecule has 2 nitrogen and oxygen atoms in total. The number of nitriles is 1. The van der Waals surface area contributed by atoms with Crippen LogP contribution in [-0.2, 0) is 5.41 Å². The van der Waals surface area contributed by atoms with Crippen LogP contribution in [0.1, 0.15) is 31.2 Å². The van der Waals surface area contributed by atoms with Crippen LogP contribution in [0.5, 0.6) is 5.75 Å². The molecule has 1 fully saturated rings. The lowest BCUT2D eigenvalue weighted by Crippen LogP contribution is -2.19. The lowest BCUT2D eigenvalue weighted by atomic mass is 9.78. The average Bonchev–Trinajstić information content (AvgIpc) is 2.96. The van der Waals surface area contributed by atoms with E-state index in [2.05, 4.69) is 36.4 Å². The zero-order valence-electron chi connectivity index (χ0n) is 11.1. The molecule has 96 valence electrons. The minimum absolute atomic E-state index is 0.300. The Morgan fingerprint density at radius 2 is 1.95 bits per heavy atom. The third-order valence-electron chi connectivity index (χ3n) is 4.28. The largest absolute Gasteiger partial charge is 0.497 e. The van der Waals surface area contributed by atoms with E-state index in [9.17, 15) is 5.26 Å². The molecule has 0 radical (unpaired) electrons. The molecular weight excluding hydrogens is 234 g/mol. The number of methoxy groups -OCH3 is 1. The van der Waals surface area contributed by atoms with E-state index in [0.717, 1.165) is 36.8 Å². The summed E-state index contributed by atoms with van der Waals surface area (Å²) < 4.78 is 5.32. The van der Waals surface area contributed by atoms with Gasteiger partial charge in [-0.25, -0.2) is 0 Å². The summed E-state index contributed by atoms with van der Waals surface area (Å²) in [6.45, 7) is 0. The summed E-state index contributed by atoms with van der Waals surface area (Å²) in [6.07, 6.45) is 4.24.